The topological polar surface area (TPSA) is 54.5 Å². The van der Waals surface area contributed by atoms with Crippen LogP contribution in [0.25, 0.3) is 0 Å². The molecular weight excluding hydrogens is 348 g/mol. The van der Waals surface area contributed by atoms with Gasteiger partial charge in [0, 0.05) is 40.0 Å². The number of halogens is 2. The molecule has 2 rings (SSSR count). The van der Waals surface area contributed by atoms with Gasteiger partial charge in [0.05, 0.1) is 6.54 Å². The summed E-state index contributed by atoms with van der Waals surface area (Å²) in [6.07, 6.45) is 5.96. The molecule has 0 aliphatic heterocycles. The van der Waals surface area contributed by atoms with Crippen molar-refractivity contribution in [3.8, 4) is 0 Å². The summed E-state index contributed by atoms with van der Waals surface area (Å²) in [5, 5.41) is 0. The summed E-state index contributed by atoms with van der Waals surface area (Å²) in [6, 6.07) is 0.586. The fraction of sp³-hybridized carbons (Fsp3) is 0.455. The quantitative estimate of drug-likeness (QED) is 0.664. The van der Waals surface area contributed by atoms with Gasteiger partial charge in [0.15, 0.2) is 5.96 Å². The summed E-state index contributed by atoms with van der Waals surface area (Å²) in [4.78, 5) is 10.5. The summed E-state index contributed by atoms with van der Waals surface area (Å²) in [6.45, 7) is 0.548. The highest BCUT2D eigenvalue weighted by Gasteiger charge is 2.27. The van der Waals surface area contributed by atoms with Crippen LogP contribution >= 0.6 is 31.9 Å². The number of aromatic nitrogens is 1. The molecule has 0 amide bonds. The van der Waals surface area contributed by atoms with Crippen LogP contribution < -0.4 is 5.73 Å². The maximum atomic E-state index is 5.94. The largest absolute Gasteiger partial charge is 0.370 e. The fourth-order valence-corrected chi connectivity index (χ4v) is 2.69. The van der Waals surface area contributed by atoms with Crippen LogP contribution in [0.5, 0.6) is 0 Å². The molecule has 4 nitrogen and oxygen atoms in total. The van der Waals surface area contributed by atoms with Crippen molar-refractivity contribution in [3.63, 3.8) is 0 Å². The van der Waals surface area contributed by atoms with Gasteiger partial charge in [-0.1, -0.05) is 0 Å². The van der Waals surface area contributed by atoms with Gasteiger partial charge in [-0.25, -0.2) is 4.99 Å². The first kappa shape index (κ1) is 12.8. The summed E-state index contributed by atoms with van der Waals surface area (Å²) in [5.74, 6) is 0.600. The second kappa shape index (κ2) is 5.35. The third-order valence-electron chi connectivity index (χ3n) is 2.81. The molecule has 0 unspecified atom stereocenters. The van der Waals surface area contributed by atoms with E-state index in [-0.39, 0.29) is 0 Å². The first-order chi connectivity index (χ1) is 8.09. The van der Waals surface area contributed by atoms with Crippen LogP contribution in [0.1, 0.15) is 18.4 Å². The monoisotopic (exact) mass is 360 g/mol. The Morgan fingerprint density at radius 3 is 2.59 bits per heavy atom. The number of nitrogens with zero attached hydrogens (tertiary/aromatic N) is 3. The first-order valence-electron chi connectivity index (χ1n) is 5.40. The van der Waals surface area contributed by atoms with Crippen LogP contribution in [-0.2, 0) is 6.54 Å². The zero-order valence-electron chi connectivity index (χ0n) is 9.53. The number of hydrogen-bond acceptors (Lipinski definition) is 2. The van der Waals surface area contributed by atoms with Crippen molar-refractivity contribution in [2.75, 3.05) is 7.05 Å². The molecule has 17 heavy (non-hydrogen) atoms. The summed E-state index contributed by atoms with van der Waals surface area (Å²) in [5.41, 5.74) is 7.00. The summed E-state index contributed by atoms with van der Waals surface area (Å²) in [7, 11) is 1.99. The van der Waals surface area contributed by atoms with Gasteiger partial charge >= 0.3 is 0 Å². The first-order valence-corrected chi connectivity index (χ1v) is 6.99. The van der Waals surface area contributed by atoms with E-state index in [1.807, 2.05) is 11.9 Å². The zero-order chi connectivity index (χ0) is 12.4. The number of guanidine groups is 1. The van der Waals surface area contributed by atoms with E-state index in [1.165, 1.54) is 12.8 Å². The lowest BCUT2D eigenvalue weighted by Gasteiger charge is -2.17. The van der Waals surface area contributed by atoms with Crippen molar-refractivity contribution in [3.05, 3.63) is 26.9 Å². The summed E-state index contributed by atoms with van der Waals surface area (Å²) < 4.78 is 1.88. The van der Waals surface area contributed by atoms with Gasteiger partial charge in [-0.3, -0.25) is 4.98 Å². The van der Waals surface area contributed by atoms with Crippen LogP contribution in [0.2, 0.25) is 0 Å². The van der Waals surface area contributed by atoms with Gasteiger partial charge in [0.1, 0.15) is 0 Å². The molecule has 0 saturated heterocycles. The van der Waals surface area contributed by atoms with Gasteiger partial charge in [-0.2, -0.15) is 0 Å². The van der Waals surface area contributed by atoms with E-state index >= 15 is 0 Å². The predicted octanol–water partition coefficient (Wildman–Crippen LogP) is 2.52. The Bertz CT molecular complexity index is 423. The van der Waals surface area contributed by atoms with E-state index in [0.717, 1.165) is 14.5 Å². The minimum absolute atomic E-state index is 0.548. The molecule has 0 bridgehead atoms. The molecule has 1 aromatic rings. The molecule has 1 aromatic heterocycles. The van der Waals surface area contributed by atoms with Crippen molar-refractivity contribution in [1.82, 2.24) is 9.88 Å². The number of rotatable bonds is 3. The second-order valence-corrected chi connectivity index (χ2v) is 5.81. The average molecular weight is 362 g/mol. The lowest BCUT2D eigenvalue weighted by molar-refractivity contribution is 0.487. The van der Waals surface area contributed by atoms with E-state index in [9.17, 15) is 0 Å². The van der Waals surface area contributed by atoms with Crippen molar-refractivity contribution in [1.29, 1.82) is 0 Å². The Morgan fingerprint density at radius 2 is 2.06 bits per heavy atom. The maximum Gasteiger partial charge on any atom is 0.191 e. The van der Waals surface area contributed by atoms with E-state index in [4.69, 9.17) is 5.73 Å². The highest BCUT2D eigenvalue weighted by Crippen LogP contribution is 2.26. The maximum absolute atomic E-state index is 5.94. The Balaban J connectivity index is 2.08. The van der Waals surface area contributed by atoms with Crippen LogP contribution in [0.15, 0.2) is 26.3 Å². The smallest absolute Gasteiger partial charge is 0.191 e. The molecule has 1 fully saturated rings. The van der Waals surface area contributed by atoms with Gasteiger partial charge in [-0.15, -0.1) is 0 Å². The fourth-order valence-electron chi connectivity index (χ4n) is 1.51. The van der Waals surface area contributed by atoms with Crippen LogP contribution in [-0.4, -0.2) is 28.9 Å². The van der Waals surface area contributed by atoms with Crippen LogP contribution in [0.3, 0.4) is 0 Å². The van der Waals surface area contributed by atoms with E-state index in [2.05, 4.69) is 41.8 Å². The normalized spacial score (nSPS) is 16.1. The lowest BCUT2D eigenvalue weighted by atomic mass is 10.3. The minimum Gasteiger partial charge on any atom is -0.370 e. The zero-order valence-corrected chi connectivity index (χ0v) is 12.7. The third-order valence-corrected chi connectivity index (χ3v) is 4.17. The van der Waals surface area contributed by atoms with Crippen molar-refractivity contribution >= 4 is 37.8 Å². The number of hydrogen-bond donors (Lipinski definition) is 1. The van der Waals surface area contributed by atoms with E-state index in [0.29, 0.717) is 18.5 Å². The molecule has 1 aliphatic carbocycles. The molecule has 1 saturated carbocycles. The highest BCUT2D eigenvalue weighted by molar-refractivity contribution is 9.11. The molecule has 6 heteroatoms. The SMILES string of the molecule is CN(C(N)=NCc1c(Br)cncc1Br)C1CC1. The van der Waals surface area contributed by atoms with Gasteiger partial charge in [0.2, 0.25) is 0 Å². The standard InChI is InChI=1S/C11H14Br2N4/c1-17(7-2-3-7)11(14)16-4-8-9(12)5-15-6-10(8)13/h5-7H,2-4H2,1H3,(H2,14,16). The van der Waals surface area contributed by atoms with Crippen molar-refractivity contribution in [2.45, 2.75) is 25.4 Å². The number of nitrogens with two attached hydrogens (primary N) is 1. The molecule has 92 valence electrons. The molecule has 0 spiro atoms. The molecule has 2 N–H and O–H groups in total. The molecule has 1 aliphatic rings. The van der Waals surface area contributed by atoms with Crippen LogP contribution in [0.4, 0.5) is 0 Å². The number of pyridine rings is 1. The van der Waals surface area contributed by atoms with Crippen molar-refractivity contribution in [2.24, 2.45) is 10.7 Å². The Hall–Kier alpha value is -0.620. The second-order valence-electron chi connectivity index (χ2n) is 4.10. The summed E-state index contributed by atoms with van der Waals surface area (Å²) >= 11 is 6.92. The minimum atomic E-state index is 0.548. The third kappa shape index (κ3) is 3.19. The molecule has 0 atom stereocenters. The van der Waals surface area contributed by atoms with Gasteiger partial charge in [-0.05, 0) is 44.7 Å². The Kier molecular flexibility index (Phi) is 4.04. The van der Waals surface area contributed by atoms with E-state index < -0.39 is 0 Å². The Morgan fingerprint density at radius 1 is 1.47 bits per heavy atom. The van der Waals surface area contributed by atoms with Gasteiger partial charge < -0.3 is 10.6 Å². The predicted molar refractivity (Wildman–Crippen MR) is 75.7 cm³/mol. The van der Waals surface area contributed by atoms with Crippen LogP contribution in [0, 0.1) is 0 Å². The highest BCUT2D eigenvalue weighted by atomic mass is 79.9. The molecular formula is C11H14Br2N4. The van der Waals surface area contributed by atoms with Gasteiger partial charge in [0.25, 0.3) is 0 Å². The van der Waals surface area contributed by atoms with E-state index in [1.54, 1.807) is 12.4 Å². The molecule has 0 radical (unpaired) electrons. The lowest BCUT2D eigenvalue weighted by Crippen LogP contribution is -2.35. The number of aliphatic imine (C=N–C) groups is 1. The Labute approximate surface area is 118 Å². The molecule has 1 heterocycles. The van der Waals surface area contributed by atoms with Crippen molar-refractivity contribution < 1.29 is 0 Å². The average Bonchev–Trinajstić information content (AvgIpc) is 3.11. The molecule has 0 aromatic carbocycles.